The lowest BCUT2D eigenvalue weighted by molar-refractivity contribution is -0.143. The molecule has 116 valence electrons. The Labute approximate surface area is 133 Å². The van der Waals surface area contributed by atoms with E-state index in [0.717, 1.165) is 17.1 Å². The molecular weight excluding hydrogens is 337 g/mol. The Morgan fingerprint density at radius 3 is 2.62 bits per heavy atom. The van der Waals surface area contributed by atoms with Gasteiger partial charge in [0, 0.05) is 6.04 Å². The lowest BCUT2D eigenvalue weighted by atomic mass is 10.4. The molecule has 1 aromatic rings. The van der Waals surface area contributed by atoms with Gasteiger partial charge in [0.2, 0.25) is 10.0 Å². The molecule has 1 saturated carbocycles. The summed E-state index contributed by atoms with van der Waals surface area (Å²) in [6.07, 6.45) is 1.44. The second kappa shape index (κ2) is 6.52. The highest BCUT2D eigenvalue weighted by molar-refractivity contribution is 7.89. The zero-order valence-corrected chi connectivity index (χ0v) is 13.7. The van der Waals surface area contributed by atoms with Crippen molar-refractivity contribution in [2.24, 2.45) is 0 Å². The van der Waals surface area contributed by atoms with Crippen LogP contribution >= 0.6 is 23.2 Å². The molecular formula is C13H15Cl2NO4S. The second-order valence-corrected chi connectivity index (χ2v) is 7.28. The first-order valence-electron chi connectivity index (χ1n) is 6.49. The van der Waals surface area contributed by atoms with Crippen molar-refractivity contribution in [1.29, 1.82) is 0 Å². The molecule has 0 unspecified atom stereocenters. The normalized spacial score (nSPS) is 15.2. The summed E-state index contributed by atoms with van der Waals surface area (Å²) in [4.78, 5) is 11.5. The zero-order chi connectivity index (χ0) is 15.6. The molecule has 21 heavy (non-hydrogen) atoms. The number of carbonyl (C=O) groups is 1. The summed E-state index contributed by atoms with van der Waals surface area (Å²) in [5.74, 6) is -0.578. The summed E-state index contributed by atoms with van der Waals surface area (Å²) in [7, 11) is -3.89. The fourth-order valence-corrected chi connectivity index (χ4v) is 4.28. The predicted molar refractivity (Wildman–Crippen MR) is 80.0 cm³/mol. The molecule has 2 rings (SSSR count). The van der Waals surface area contributed by atoms with Crippen LogP contribution in [0.2, 0.25) is 10.0 Å². The van der Waals surface area contributed by atoms with Gasteiger partial charge in [-0.3, -0.25) is 4.79 Å². The van der Waals surface area contributed by atoms with E-state index in [9.17, 15) is 13.2 Å². The van der Waals surface area contributed by atoms with Crippen LogP contribution < -0.4 is 0 Å². The van der Waals surface area contributed by atoms with Gasteiger partial charge in [-0.05, 0) is 31.9 Å². The Bertz CT molecular complexity index is 644. The summed E-state index contributed by atoms with van der Waals surface area (Å²) >= 11 is 11.9. The number of nitrogens with zero attached hydrogens (tertiary/aromatic N) is 1. The number of carbonyl (C=O) groups excluding carboxylic acids is 1. The largest absolute Gasteiger partial charge is 0.465 e. The first-order chi connectivity index (χ1) is 9.87. The van der Waals surface area contributed by atoms with Crippen molar-refractivity contribution in [2.75, 3.05) is 13.2 Å². The van der Waals surface area contributed by atoms with Crippen molar-refractivity contribution in [3.8, 4) is 0 Å². The van der Waals surface area contributed by atoms with E-state index in [1.165, 1.54) is 18.2 Å². The highest BCUT2D eigenvalue weighted by Crippen LogP contribution is 2.36. The lowest BCUT2D eigenvalue weighted by Crippen LogP contribution is -2.38. The molecule has 0 amide bonds. The number of halogens is 2. The maximum atomic E-state index is 12.7. The summed E-state index contributed by atoms with van der Waals surface area (Å²) in [5, 5.41) is 0.123. The molecule has 0 spiro atoms. The van der Waals surface area contributed by atoms with Gasteiger partial charge in [-0.2, -0.15) is 4.31 Å². The van der Waals surface area contributed by atoms with Crippen LogP contribution in [0.5, 0.6) is 0 Å². The van der Waals surface area contributed by atoms with E-state index in [1.807, 2.05) is 0 Å². The van der Waals surface area contributed by atoms with Crippen LogP contribution in [0.4, 0.5) is 0 Å². The molecule has 0 N–H and O–H groups in total. The van der Waals surface area contributed by atoms with Gasteiger partial charge >= 0.3 is 5.97 Å². The van der Waals surface area contributed by atoms with E-state index in [4.69, 9.17) is 27.9 Å². The number of esters is 1. The first kappa shape index (κ1) is 16.5. The van der Waals surface area contributed by atoms with Gasteiger partial charge in [-0.15, -0.1) is 0 Å². The molecule has 0 saturated heterocycles. The van der Waals surface area contributed by atoms with Gasteiger partial charge < -0.3 is 4.74 Å². The Morgan fingerprint density at radius 1 is 1.38 bits per heavy atom. The van der Waals surface area contributed by atoms with Gasteiger partial charge in [-0.1, -0.05) is 29.3 Å². The van der Waals surface area contributed by atoms with Gasteiger partial charge in [0.05, 0.1) is 16.7 Å². The minimum absolute atomic E-state index is 0.0336. The molecule has 1 aliphatic carbocycles. The number of sulfonamides is 1. The van der Waals surface area contributed by atoms with E-state index in [1.54, 1.807) is 6.92 Å². The van der Waals surface area contributed by atoms with Crippen LogP contribution in [-0.2, 0) is 19.6 Å². The maximum absolute atomic E-state index is 12.7. The highest BCUT2D eigenvalue weighted by Gasteiger charge is 2.40. The average molecular weight is 352 g/mol. The number of hydrogen-bond donors (Lipinski definition) is 0. The smallest absolute Gasteiger partial charge is 0.321 e. The molecule has 8 heteroatoms. The molecule has 0 aliphatic heterocycles. The zero-order valence-electron chi connectivity index (χ0n) is 11.4. The average Bonchev–Trinajstić information content (AvgIpc) is 3.23. The topological polar surface area (TPSA) is 63.7 Å². The first-order valence-corrected chi connectivity index (χ1v) is 8.69. The number of rotatable bonds is 6. The predicted octanol–water partition coefficient (Wildman–Crippen LogP) is 2.71. The molecule has 0 radical (unpaired) electrons. The summed E-state index contributed by atoms with van der Waals surface area (Å²) in [5.41, 5.74) is 0. The summed E-state index contributed by atoms with van der Waals surface area (Å²) < 4.78 is 31.4. The van der Waals surface area contributed by atoms with Crippen LogP contribution in [0.15, 0.2) is 23.1 Å². The number of hydrogen-bond acceptors (Lipinski definition) is 4. The Kier molecular flexibility index (Phi) is 5.14. The fourth-order valence-electron chi connectivity index (χ4n) is 1.92. The quantitative estimate of drug-likeness (QED) is 0.739. The van der Waals surface area contributed by atoms with Crippen molar-refractivity contribution >= 4 is 39.2 Å². The van der Waals surface area contributed by atoms with E-state index in [2.05, 4.69) is 0 Å². The van der Waals surface area contributed by atoms with Crippen molar-refractivity contribution in [3.63, 3.8) is 0 Å². The molecule has 5 nitrogen and oxygen atoms in total. The number of ether oxygens (including phenoxy) is 1. The minimum atomic E-state index is -3.89. The SMILES string of the molecule is CCOC(=O)CN(C1CC1)S(=O)(=O)c1cccc(Cl)c1Cl. The van der Waals surface area contributed by atoms with Gasteiger partial charge in [0.1, 0.15) is 11.4 Å². The van der Waals surface area contributed by atoms with Crippen LogP contribution in [0.3, 0.4) is 0 Å². The van der Waals surface area contributed by atoms with E-state index in [0.29, 0.717) is 0 Å². The third kappa shape index (κ3) is 3.69. The highest BCUT2D eigenvalue weighted by atomic mass is 35.5. The summed E-state index contributed by atoms with van der Waals surface area (Å²) in [6.45, 7) is 1.56. The molecule has 1 aliphatic rings. The van der Waals surface area contributed by atoms with E-state index in [-0.39, 0.29) is 34.1 Å². The van der Waals surface area contributed by atoms with Crippen molar-refractivity contribution in [2.45, 2.75) is 30.7 Å². The maximum Gasteiger partial charge on any atom is 0.321 e. The minimum Gasteiger partial charge on any atom is -0.465 e. The molecule has 0 aromatic heterocycles. The van der Waals surface area contributed by atoms with Crippen LogP contribution in [0, 0.1) is 0 Å². The Hall–Kier alpha value is -0.820. The standard InChI is InChI=1S/C13H15Cl2NO4S/c1-2-20-12(17)8-16(9-6-7-9)21(18,19)11-5-3-4-10(14)13(11)15/h3-5,9H,2,6-8H2,1H3. The molecule has 1 aromatic carbocycles. The number of benzene rings is 1. The molecule has 0 heterocycles. The molecule has 1 fully saturated rings. The Morgan fingerprint density at radius 2 is 2.05 bits per heavy atom. The summed E-state index contributed by atoms with van der Waals surface area (Å²) in [6, 6.07) is 4.21. The molecule has 0 atom stereocenters. The van der Waals surface area contributed by atoms with Crippen molar-refractivity contribution < 1.29 is 17.9 Å². The van der Waals surface area contributed by atoms with Gasteiger partial charge in [0.15, 0.2) is 0 Å². The van der Waals surface area contributed by atoms with Crippen molar-refractivity contribution in [3.05, 3.63) is 28.2 Å². The molecule has 0 bridgehead atoms. The fraction of sp³-hybridized carbons (Fsp3) is 0.462. The second-order valence-electron chi connectivity index (χ2n) is 4.64. The van der Waals surface area contributed by atoms with Crippen molar-refractivity contribution in [1.82, 2.24) is 4.31 Å². The van der Waals surface area contributed by atoms with Crippen LogP contribution in [0.1, 0.15) is 19.8 Å². The third-order valence-electron chi connectivity index (χ3n) is 3.05. The monoisotopic (exact) mass is 351 g/mol. The third-order valence-corrected chi connectivity index (χ3v) is 5.92. The van der Waals surface area contributed by atoms with E-state index < -0.39 is 16.0 Å². The Balaban J connectivity index is 2.34. The lowest BCUT2D eigenvalue weighted by Gasteiger charge is -2.21. The van der Waals surface area contributed by atoms with Gasteiger partial charge in [0.25, 0.3) is 0 Å². The van der Waals surface area contributed by atoms with Crippen LogP contribution in [-0.4, -0.2) is 37.9 Å². The van der Waals surface area contributed by atoms with Crippen LogP contribution in [0.25, 0.3) is 0 Å². The van der Waals surface area contributed by atoms with Gasteiger partial charge in [-0.25, -0.2) is 8.42 Å². The van der Waals surface area contributed by atoms with E-state index >= 15 is 0 Å².